The third-order valence-corrected chi connectivity index (χ3v) is 6.88. The third kappa shape index (κ3) is 3.05. The van der Waals surface area contributed by atoms with Crippen LogP contribution in [0, 0.1) is 6.92 Å². The number of nitrogens with two attached hydrogens (primary N) is 1. The molecule has 1 aromatic rings. The van der Waals surface area contributed by atoms with E-state index in [0.717, 1.165) is 0 Å². The molecule has 3 unspecified atom stereocenters. The molecule has 0 aliphatic carbocycles. The van der Waals surface area contributed by atoms with E-state index in [2.05, 4.69) is 67.1 Å². The summed E-state index contributed by atoms with van der Waals surface area (Å²) in [6.07, 6.45) is 1.21. The van der Waals surface area contributed by atoms with Crippen LogP contribution in [0.3, 0.4) is 0 Å². The summed E-state index contributed by atoms with van der Waals surface area (Å²) >= 11 is 4.17. The smallest absolute Gasteiger partial charge is 0.0591 e. The molecule has 0 saturated carbocycles. The van der Waals surface area contributed by atoms with Crippen LogP contribution >= 0.6 is 23.5 Å². The molecular weight excluding hydrogens is 260 g/mol. The molecule has 1 saturated heterocycles. The Morgan fingerprint density at radius 1 is 1.33 bits per heavy atom. The van der Waals surface area contributed by atoms with Gasteiger partial charge in [-0.25, -0.2) is 0 Å². The van der Waals surface area contributed by atoms with E-state index in [-0.39, 0.29) is 6.04 Å². The maximum absolute atomic E-state index is 5.85. The molecule has 0 radical (unpaired) electrons. The first-order valence-electron chi connectivity index (χ1n) is 6.52. The minimum Gasteiger partial charge on any atom is -0.271 e. The van der Waals surface area contributed by atoms with E-state index < -0.39 is 0 Å². The summed E-state index contributed by atoms with van der Waals surface area (Å²) in [5, 5.41) is 1.27. The number of hydrogen-bond acceptors (Lipinski definition) is 4. The second kappa shape index (κ2) is 6.85. The zero-order valence-corrected chi connectivity index (χ0v) is 12.7. The highest BCUT2D eigenvalue weighted by molar-refractivity contribution is 8.07. The Bertz CT molecular complexity index is 384. The number of nitrogens with one attached hydrogen (secondary N) is 1. The molecule has 0 bridgehead atoms. The predicted molar refractivity (Wildman–Crippen MR) is 84.0 cm³/mol. The zero-order chi connectivity index (χ0) is 13.0. The van der Waals surface area contributed by atoms with Crippen molar-refractivity contribution >= 4 is 23.5 Å². The van der Waals surface area contributed by atoms with E-state index in [1.807, 2.05) is 0 Å². The van der Waals surface area contributed by atoms with Gasteiger partial charge >= 0.3 is 0 Å². The Kier molecular flexibility index (Phi) is 5.42. The zero-order valence-electron chi connectivity index (χ0n) is 11.1. The molecule has 2 nitrogen and oxygen atoms in total. The van der Waals surface area contributed by atoms with Gasteiger partial charge in [-0.05, 0) is 24.5 Å². The summed E-state index contributed by atoms with van der Waals surface area (Å²) in [4.78, 5) is 0. The van der Waals surface area contributed by atoms with Crippen LogP contribution in [-0.4, -0.2) is 22.0 Å². The van der Waals surface area contributed by atoms with E-state index in [1.54, 1.807) is 0 Å². The highest BCUT2D eigenvalue weighted by atomic mass is 32.2. The van der Waals surface area contributed by atoms with Gasteiger partial charge in [0, 0.05) is 22.0 Å². The molecule has 18 heavy (non-hydrogen) atoms. The minimum atomic E-state index is 0.258. The van der Waals surface area contributed by atoms with E-state index >= 15 is 0 Å². The van der Waals surface area contributed by atoms with Crippen molar-refractivity contribution in [3.05, 3.63) is 35.4 Å². The first-order valence-corrected chi connectivity index (χ1v) is 8.62. The summed E-state index contributed by atoms with van der Waals surface area (Å²) < 4.78 is 0. The van der Waals surface area contributed by atoms with Crippen LogP contribution in [0.4, 0.5) is 0 Å². The Balaban J connectivity index is 2.24. The minimum absolute atomic E-state index is 0.258. The molecule has 1 aliphatic rings. The van der Waals surface area contributed by atoms with Gasteiger partial charge in [0.1, 0.15) is 0 Å². The Hall–Kier alpha value is -0.160. The number of aryl methyl sites for hydroxylation is 1. The Labute approximate surface area is 118 Å². The van der Waals surface area contributed by atoms with Crippen molar-refractivity contribution in [3.8, 4) is 0 Å². The van der Waals surface area contributed by atoms with Crippen LogP contribution in [-0.2, 0) is 0 Å². The average molecular weight is 282 g/mol. The molecule has 100 valence electrons. The Morgan fingerprint density at radius 2 is 2.06 bits per heavy atom. The quantitative estimate of drug-likeness (QED) is 0.657. The van der Waals surface area contributed by atoms with E-state index in [4.69, 9.17) is 5.84 Å². The molecule has 1 aliphatic heterocycles. The highest BCUT2D eigenvalue weighted by Crippen LogP contribution is 2.40. The van der Waals surface area contributed by atoms with Gasteiger partial charge in [0.2, 0.25) is 0 Å². The first kappa shape index (κ1) is 14.3. The highest BCUT2D eigenvalue weighted by Gasteiger charge is 2.32. The van der Waals surface area contributed by atoms with Gasteiger partial charge < -0.3 is 0 Å². The molecule has 1 aromatic carbocycles. The van der Waals surface area contributed by atoms with Crippen molar-refractivity contribution in [1.29, 1.82) is 0 Å². The van der Waals surface area contributed by atoms with Crippen LogP contribution in [0.1, 0.15) is 30.5 Å². The second-order valence-electron chi connectivity index (χ2n) is 4.65. The lowest BCUT2D eigenvalue weighted by Crippen LogP contribution is -2.42. The molecular formula is C14H22N2S2. The first-order chi connectivity index (χ1) is 8.77. The van der Waals surface area contributed by atoms with Crippen molar-refractivity contribution in [2.45, 2.75) is 36.8 Å². The maximum Gasteiger partial charge on any atom is 0.0591 e. The number of hydrazine groups is 1. The standard InChI is InChI=1S/C14H22N2S2/c1-3-12-14(18-9-8-17-12)13(16-15)11-7-5-4-6-10(11)2/h4-7,12-14,16H,3,8-9,15H2,1-2H3. The van der Waals surface area contributed by atoms with Crippen molar-refractivity contribution in [1.82, 2.24) is 5.43 Å². The molecule has 0 amide bonds. The lowest BCUT2D eigenvalue weighted by Gasteiger charge is -2.36. The van der Waals surface area contributed by atoms with Gasteiger partial charge in [-0.15, -0.1) is 0 Å². The van der Waals surface area contributed by atoms with Gasteiger partial charge in [-0.3, -0.25) is 11.3 Å². The van der Waals surface area contributed by atoms with Crippen LogP contribution < -0.4 is 11.3 Å². The van der Waals surface area contributed by atoms with Crippen molar-refractivity contribution in [3.63, 3.8) is 0 Å². The molecule has 0 aromatic heterocycles. The summed E-state index contributed by atoms with van der Waals surface area (Å²) in [5.74, 6) is 8.35. The monoisotopic (exact) mass is 282 g/mol. The van der Waals surface area contributed by atoms with Crippen LogP contribution in [0.15, 0.2) is 24.3 Å². The van der Waals surface area contributed by atoms with Crippen molar-refractivity contribution in [2.75, 3.05) is 11.5 Å². The largest absolute Gasteiger partial charge is 0.271 e. The Morgan fingerprint density at radius 3 is 2.72 bits per heavy atom. The van der Waals surface area contributed by atoms with Gasteiger partial charge in [0.25, 0.3) is 0 Å². The summed E-state index contributed by atoms with van der Waals surface area (Å²) in [6.45, 7) is 4.45. The lowest BCUT2D eigenvalue weighted by molar-refractivity contribution is 0.512. The van der Waals surface area contributed by atoms with Gasteiger partial charge in [-0.1, -0.05) is 31.2 Å². The number of rotatable bonds is 4. The molecule has 2 rings (SSSR count). The fourth-order valence-electron chi connectivity index (χ4n) is 2.54. The SMILES string of the molecule is CCC1SCCSC1C(NN)c1ccccc1C. The maximum atomic E-state index is 5.85. The fourth-order valence-corrected chi connectivity index (χ4v) is 5.77. The normalized spacial score (nSPS) is 25.9. The van der Waals surface area contributed by atoms with E-state index in [1.165, 1.54) is 29.1 Å². The lowest BCUT2D eigenvalue weighted by atomic mass is 9.97. The van der Waals surface area contributed by atoms with Crippen LogP contribution in [0.5, 0.6) is 0 Å². The molecule has 0 spiro atoms. The van der Waals surface area contributed by atoms with Crippen molar-refractivity contribution < 1.29 is 0 Å². The topological polar surface area (TPSA) is 38.0 Å². The molecule has 3 N–H and O–H groups in total. The number of thioether (sulfide) groups is 2. The average Bonchev–Trinajstić information content (AvgIpc) is 2.42. The van der Waals surface area contributed by atoms with Crippen molar-refractivity contribution in [2.24, 2.45) is 5.84 Å². The third-order valence-electron chi connectivity index (χ3n) is 3.53. The van der Waals surface area contributed by atoms with E-state index in [9.17, 15) is 0 Å². The fraction of sp³-hybridized carbons (Fsp3) is 0.571. The molecule has 1 heterocycles. The van der Waals surface area contributed by atoms with Crippen LogP contribution in [0.2, 0.25) is 0 Å². The van der Waals surface area contributed by atoms with E-state index in [0.29, 0.717) is 10.5 Å². The van der Waals surface area contributed by atoms with Gasteiger partial charge in [0.05, 0.1) is 6.04 Å². The second-order valence-corrected chi connectivity index (χ2v) is 7.29. The van der Waals surface area contributed by atoms with Crippen LogP contribution in [0.25, 0.3) is 0 Å². The van der Waals surface area contributed by atoms with Gasteiger partial charge in [0.15, 0.2) is 0 Å². The number of hydrogen-bond donors (Lipinski definition) is 2. The summed E-state index contributed by atoms with van der Waals surface area (Å²) in [5.41, 5.74) is 5.73. The molecule has 3 atom stereocenters. The number of benzene rings is 1. The predicted octanol–water partition coefficient (Wildman–Crippen LogP) is 3.13. The summed E-state index contributed by atoms with van der Waals surface area (Å²) in [7, 11) is 0. The summed E-state index contributed by atoms with van der Waals surface area (Å²) in [6, 6.07) is 8.82. The molecule has 4 heteroatoms. The molecule has 1 fully saturated rings. The van der Waals surface area contributed by atoms with Gasteiger partial charge in [-0.2, -0.15) is 23.5 Å².